The van der Waals surface area contributed by atoms with Crippen LogP contribution in [0.4, 0.5) is 0 Å². The number of nitrogens with one attached hydrogen (secondary N) is 1. The summed E-state index contributed by atoms with van der Waals surface area (Å²) in [6.07, 6.45) is 6.77. The fourth-order valence-electron chi connectivity index (χ4n) is 1.95. The van der Waals surface area contributed by atoms with Gasteiger partial charge in [-0.3, -0.25) is 4.98 Å². The molecule has 0 aliphatic heterocycles. The molecular formula is C14H20N4O2S. The van der Waals surface area contributed by atoms with Crippen molar-refractivity contribution in [3.63, 3.8) is 0 Å². The van der Waals surface area contributed by atoms with Crippen LogP contribution in [0.2, 0.25) is 0 Å². The molecule has 0 saturated carbocycles. The van der Waals surface area contributed by atoms with Crippen LogP contribution in [-0.2, 0) is 16.6 Å². The molecule has 2 heterocycles. The van der Waals surface area contributed by atoms with Crippen molar-refractivity contribution >= 4 is 10.0 Å². The van der Waals surface area contributed by atoms with Gasteiger partial charge in [0.1, 0.15) is 5.69 Å². The van der Waals surface area contributed by atoms with Crippen LogP contribution in [0.1, 0.15) is 19.8 Å². The second-order valence-corrected chi connectivity index (χ2v) is 6.65. The van der Waals surface area contributed by atoms with Gasteiger partial charge in [-0.2, -0.15) is 0 Å². The minimum absolute atomic E-state index is 0.181. The lowest BCUT2D eigenvalue weighted by atomic mass is 10.3. The van der Waals surface area contributed by atoms with Gasteiger partial charge in [0, 0.05) is 31.7 Å². The highest BCUT2D eigenvalue weighted by Gasteiger charge is 2.10. The molecule has 2 aromatic rings. The van der Waals surface area contributed by atoms with E-state index in [9.17, 15) is 8.42 Å². The number of aromatic nitrogens is 3. The fraction of sp³-hybridized carbons (Fsp3) is 0.429. The number of unbranched alkanes of at least 4 members (excludes halogenated alkanes) is 1. The SMILES string of the molecule is CCCCS(=O)(=O)NCCn1ccnc1-c1ccccn1. The number of rotatable bonds is 8. The van der Waals surface area contributed by atoms with E-state index in [0.29, 0.717) is 19.5 Å². The molecule has 0 saturated heterocycles. The molecule has 0 aromatic carbocycles. The molecule has 114 valence electrons. The first kappa shape index (κ1) is 15.7. The van der Waals surface area contributed by atoms with Gasteiger partial charge in [-0.15, -0.1) is 0 Å². The molecule has 0 atom stereocenters. The van der Waals surface area contributed by atoms with Crippen LogP contribution in [0.15, 0.2) is 36.8 Å². The van der Waals surface area contributed by atoms with Crippen LogP contribution in [0.3, 0.4) is 0 Å². The summed E-state index contributed by atoms with van der Waals surface area (Å²) in [6.45, 7) is 2.85. The van der Waals surface area contributed by atoms with Crippen molar-refractivity contribution in [2.75, 3.05) is 12.3 Å². The summed E-state index contributed by atoms with van der Waals surface area (Å²) in [7, 11) is -3.17. The summed E-state index contributed by atoms with van der Waals surface area (Å²) in [5, 5.41) is 0. The van der Waals surface area contributed by atoms with Gasteiger partial charge in [0.15, 0.2) is 5.82 Å². The lowest BCUT2D eigenvalue weighted by Crippen LogP contribution is -2.29. The summed E-state index contributed by atoms with van der Waals surface area (Å²) < 4.78 is 28.0. The molecule has 0 spiro atoms. The summed E-state index contributed by atoms with van der Waals surface area (Å²) in [5.74, 6) is 0.920. The Morgan fingerprint density at radius 2 is 2.10 bits per heavy atom. The van der Waals surface area contributed by atoms with Gasteiger partial charge in [-0.25, -0.2) is 18.1 Å². The van der Waals surface area contributed by atoms with E-state index in [1.54, 1.807) is 12.4 Å². The van der Waals surface area contributed by atoms with E-state index < -0.39 is 10.0 Å². The van der Waals surface area contributed by atoms with E-state index in [0.717, 1.165) is 17.9 Å². The third-order valence-electron chi connectivity index (χ3n) is 3.05. The van der Waals surface area contributed by atoms with Crippen molar-refractivity contribution < 1.29 is 8.42 Å². The molecule has 0 unspecified atom stereocenters. The third-order valence-corrected chi connectivity index (χ3v) is 4.52. The largest absolute Gasteiger partial charge is 0.328 e. The van der Waals surface area contributed by atoms with Gasteiger partial charge in [-0.05, 0) is 18.6 Å². The highest BCUT2D eigenvalue weighted by atomic mass is 32.2. The van der Waals surface area contributed by atoms with Crippen LogP contribution in [0.25, 0.3) is 11.5 Å². The van der Waals surface area contributed by atoms with E-state index >= 15 is 0 Å². The number of hydrogen-bond acceptors (Lipinski definition) is 4. The molecule has 6 nitrogen and oxygen atoms in total. The maximum absolute atomic E-state index is 11.7. The maximum atomic E-state index is 11.7. The molecule has 0 fully saturated rings. The normalized spacial score (nSPS) is 11.7. The van der Waals surface area contributed by atoms with Crippen molar-refractivity contribution in [1.82, 2.24) is 19.3 Å². The zero-order chi connectivity index (χ0) is 15.1. The van der Waals surface area contributed by atoms with Crippen LogP contribution in [-0.4, -0.2) is 35.3 Å². The number of sulfonamides is 1. The Hall–Kier alpha value is -1.73. The lowest BCUT2D eigenvalue weighted by molar-refractivity contribution is 0.570. The van der Waals surface area contributed by atoms with E-state index in [1.165, 1.54) is 0 Å². The van der Waals surface area contributed by atoms with Crippen LogP contribution >= 0.6 is 0 Å². The molecule has 0 radical (unpaired) electrons. The second-order valence-electron chi connectivity index (χ2n) is 4.73. The summed E-state index contributed by atoms with van der Waals surface area (Å²) in [4.78, 5) is 8.53. The van der Waals surface area contributed by atoms with Gasteiger partial charge in [0.25, 0.3) is 0 Å². The Morgan fingerprint density at radius 3 is 2.81 bits per heavy atom. The first-order chi connectivity index (χ1) is 10.1. The van der Waals surface area contributed by atoms with Crippen LogP contribution in [0.5, 0.6) is 0 Å². The van der Waals surface area contributed by atoms with Crippen molar-refractivity contribution in [3.05, 3.63) is 36.8 Å². The summed E-state index contributed by atoms with van der Waals surface area (Å²) >= 11 is 0. The smallest absolute Gasteiger partial charge is 0.211 e. The molecule has 0 aliphatic carbocycles. The fourth-order valence-corrected chi connectivity index (χ4v) is 3.16. The van der Waals surface area contributed by atoms with E-state index in [2.05, 4.69) is 14.7 Å². The van der Waals surface area contributed by atoms with E-state index in [1.807, 2.05) is 35.9 Å². The highest BCUT2D eigenvalue weighted by Crippen LogP contribution is 2.13. The zero-order valence-electron chi connectivity index (χ0n) is 12.1. The third kappa shape index (κ3) is 4.64. The minimum Gasteiger partial charge on any atom is -0.328 e. The van der Waals surface area contributed by atoms with Crippen LogP contribution in [0, 0.1) is 0 Å². The van der Waals surface area contributed by atoms with Crippen molar-refractivity contribution in [2.24, 2.45) is 0 Å². The number of nitrogens with zero attached hydrogens (tertiary/aromatic N) is 3. The number of imidazole rings is 1. The van der Waals surface area contributed by atoms with E-state index in [4.69, 9.17) is 0 Å². The van der Waals surface area contributed by atoms with Gasteiger partial charge in [0.2, 0.25) is 10.0 Å². The van der Waals surface area contributed by atoms with Crippen LogP contribution < -0.4 is 4.72 Å². The Balaban J connectivity index is 1.95. The van der Waals surface area contributed by atoms with Gasteiger partial charge in [-0.1, -0.05) is 19.4 Å². The molecule has 0 bridgehead atoms. The number of hydrogen-bond donors (Lipinski definition) is 1. The Kier molecular flexibility index (Phi) is 5.46. The average Bonchev–Trinajstić information content (AvgIpc) is 2.94. The Bertz CT molecular complexity index is 653. The molecule has 1 N–H and O–H groups in total. The predicted octanol–water partition coefficient (Wildman–Crippen LogP) is 1.66. The molecule has 7 heteroatoms. The average molecular weight is 308 g/mol. The minimum atomic E-state index is -3.17. The molecule has 0 aliphatic rings. The summed E-state index contributed by atoms with van der Waals surface area (Å²) in [6, 6.07) is 5.62. The lowest BCUT2D eigenvalue weighted by Gasteiger charge is -2.09. The maximum Gasteiger partial charge on any atom is 0.211 e. The highest BCUT2D eigenvalue weighted by molar-refractivity contribution is 7.89. The molecule has 2 rings (SSSR count). The monoisotopic (exact) mass is 308 g/mol. The second kappa shape index (κ2) is 7.33. The molecule has 2 aromatic heterocycles. The van der Waals surface area contributed by atoms with Gasteiger partial charge in [0.05, 0.1) is 5.75 Å². The van der Waals surface area contributed by atoms with Crippen molar-refractivity contribution in [1.29, 1.82) is 0 Å². The molecular weight excluding hydrogens is 288 g/mol. The summed E-state index contributed by atoms with van der Waals surface area (Å²) in [5.41, 5.74) is 0.774. The quantitative estimate of drug-likeness (QED) is 0.804. The predicted molar refractivity (Wildman–Crippen MR) is 82.2 cm³/mol. The molecule has 21 heavy (non-hydrogen) atoms. The number of pyridine rings is 1. The van der Waals surface area contributed by atoms with Crippen molar-refractivity contribution in [3.8, 4) is 11.5 Å². The zero-order valence-corrected chi connectivity index (χ0v) is 12.9. The Morgan fingerprint density at radius 1 is 1.24 bits per heavy atom. The molecule has 0 amide bonds. The Labute approximate surface area is 125 Å². The standard InChI is InChI=1S/C14H20N4O2S/c1-2-3-12-21(19,20)17-9-11-18-10-8-16-14(18)13-6-4-5-7-15-13/h4-8,10,17H,2-3,9,11-12H2,1H3. The van der Waals surface area contributed by atoms with E-state index in [-0.39, 0.29) is 5.75 Å². The van der Waals surface area contributed by atoms with Gasteiger partial charge >= 0.3 is 0 Å². The van der Waals surface area contributed by atoms with Crippen molar-refractivity contribution in [2.45, 2.75) is 26.3 Å². The first-order valence-corrected chi connectivity index (χ1v) is 8.67. The van der Waals surface area contributed by atoms with Gasteiger partial charge < -0.3 is 4.57 Å². The topological polar surface area (TPSA) is 76.9 Å². The first-order valence-electron chi connectivity index (χ1n) is 7.02.